The fraction of sp³-hybridized carbons (Fsp3) is 0.150. The highest BCUT2D eigenvalue weighted by molar-refractivity contribution is 7.09. The first-order chi connectivity index (χ1) is 12.6. The Morgan fingerprint density at radius 2 is 1.73 bits per heavy atom. The van der Waals surface area contributed by atoms with Crippen LogP contribution in [0, 0.1) is 0 Å². The number of anilines is 1. The normalized spacial score (nSPS) is 16.7. The zero-order valence-electron chi connectivity index (χ0n) is 13.9. The lowest BCUT2D eigenvalue weighted by molar-refractivity contribution is -0.00280. The second kappa shape index (κ2) is 7.11. The van der Waals surface area contributed by atoms with Gasteiger partial charge in [-0.05, 0) is 41.3 Å². The SMILES string of the molecule is O=C1c2ccccc2N(Cc2ccc(Cl)cc2)C(O)N1Cc1cccs1. The second-order valence-corrected chi connectivity index (χ2v) is 7.60. The van der Waals surface area contributed by atoms with Gasteiger partial charge in [-0.15, -0.1) is 11.3 Å². The molecule has 1 aliphatic rings. The van der Waals surface area contributed by atoms with Gasteiger partial charge in [0.25, 0.3) is 5.91 Å². The lowest BCUT2D eigenvalue weighted by atomic mass is 10.1. The number of aliphatic hydroxyl groups is 1. The molecule has 6 heteroatoms. The van der Waals surface area contributed by atoms with Crippen molar-refractivity contribution >= 4 is 34.5 Å². The molecule has 0 aliphatic carbocycles. The third kappa shape index (κ3) is 3.21. The Morgan fingerprint density at radius 3 is 2.46 bits per heavy atom. The van der Waals surface area contributed by atoms with Crippen molar-refractivity contribution in [2.45, 2.75) is 19.4 Å². The van der Waals surface area contributed by atoms with Gasteiger partial charge in [-0.1, -0.05) is 41.9 Å². The molecule has 132 valence electrons. The van der Waals surface area contributed by atoms with Crippen molar-refractivity contribution in [3.05, 3.63) is 87.1 Å². The number of amides is 1. The Labute approximate surface area is 160 Å². The van der Waals surface area contributed by atoms with Crippen molar-refractivity contribution in [2.75, 3.05) is 4.90 Å². The highest BCUT2D eigenvalue weighted by Crippen LogP contribution is 2.33. The van der Waals surface area contributed by atoms with E-state index in [1.54, 1.807) is 17.4 Å². The maximum Gasteiger partial charge on any atom is 0.259 e. The van der Waals surface area contributed by atoms with Gasteiger partial charge in [-0.2, -0.15) is 0 Å². The minimum absolute atomic E-state index is 0.158. The van der Waals surface area contributed by atoms with E-state index in [-0.39, 0.29) is 5.91 Å². The van der Waals surface area contributed by atoms with E-state index in [9.17, 15) is 9.90 Å². The molecule has 0 spiro atoms. The summed E-state index contributed by atoms with van der Waals surface area (Å²) in [6.45, 7) is 0.854. The molecule has 1 aliphatic heterocycles. The quantitative estimate of drug-likeness (QED) is 0.727. The zero-order valence-corrected chi connectivity index (χ0v) is 15.5. The number of hydrogen-bond donors (Lipinski definition) is 1. The van der Waals surface area contributed by atoms with Crippen LogP contribution in [0.3, 0.4) is 0 Å². The van der Waals surface area contributed by atoms with Crippen LogP contribution in [0.2, 0.25) is 5.02 Å². The molecule has 2 heterocycles. The Balaban J connectivity index is 1.70. The van der Waals surface area contributed by atoms with Gasteiger partial charge in [-0.25, -0.2) is 0 Å². The molecule has 1 N–H and O–H groups in total. The summed E-state index contributed by atoms with van der Waals surface area (Å²) in [6.07, 6.45) is -1.03. The van der Waals surface area contributed by atoms with E-state index in [2.05, 4.69) is 0 Å². The number of nitrogens with zero attached hydrogens (tertiary/aromatic N) is 2. The first kappa shape index (κ1) is 17.1. The monoisotopic (exact) mass is 384 g/mol. The summed E-state index contributed by atoms with van der Waals surface area (Å²) in [5, 5.41) is 13.6. The zero-order chi connectivity index (χ0) is 18.1. The average Bonchev–Trinajstić information content (AvgIpc) is 3.17. The first-order valence-electron chi connectivity index (χ1n) is 8.25. The van der Waals surface area contributed by atoms with Crippen LogP contribution in [0.15, 0.2) is 66.0 Å². The van der Waals surface area contributed by atoms with Crippen LogP contribution in [0.4, 0.5) is 5.69 Å². The van der Waals surface area contributed by atoms with E-state index in [0.29, 0.717) is 23.7 Å². The summed E-state index contributed by atoms with van der Waals surface area (Å²) in [5.74, 6) is -0.158. The number of benzene rings is 2. The largest absolute Gasteiger partial charge is 0.356 e. The van der Waals surface area contributed by atoms with Gasteiger partial charge in [0.2, 0.25) is 6.35 Å². The first-order valence-corrected chi connectivity index (χ1v) is 9.51. The number of carbonyl (C=O) groups is 1. The number of halogens is 1. The predicted molar refractivity (Wildman–Crippen MR) is 104 cm³/mol. The molecule has 1 amide bonds. The Hall–Kier alpha value is -2.34. The molecule has 2 aromatic carbocycles. The number of hydrogen-bond acceptors (Lipinski definition) is 4. The minimum Gasteiger partial charge on any atom is -0.356 e. The van der Waals surface area contributed by atoms with Crippen LogP contribution in [0.1, 0.15) is 20.8 Å². The molecular weight excluding hydrogens is 368 g/mol. The van der Waals surface area contributed by atoms with E-state index in [1.807, 2.05) is 64.9 Å². The van der Waals surface area contributed by atoms with Gasteiger partial charge in [0.15, 0.2) is 0 Å². The number of rotatable bonds is 4. The van der Waals surface area contributed by atoms with Crippen LogP contribution < -0.4 is 4.90 Å². The van der Waals surface area contributed by atoms with Gasteiger partial charge in [0.05, 0.1) is 17.8 Å². The number of carbonyl (C=O) groups excluding carboxylic acids is 1. The molecule has 0 fully saturated rings. The molecule has 4 nitrogen and oxygen atoms in total. The summed E-state index contributed by atoms with van der Waals surface area (Å²) in [4.78, 5) is 17.3. The number of aliphatic hydroxyl groups excluding tert-OH is 1. The van der Waals surface area contributed by atoms with E-state index < -0.39 is 6.35 Å². The lowest BCUT2D eigenvalue weighted by Gasteiger charge is -2.42. The van der Waals surface area contributed by atoms with E-state index in [1.165, 1.54) is 4.90 Å². The minimum atomic E-state index is -1.03. The van der Waals surface area contributed by atoms with Crippen molar-refractivity contribution in [1.82, 2.24) is 4.90 Å². The Morgan fingerprint density at radius 1 is 0.962 bits per heavy atom. The Bertz CT molecular complexity index is 912. The van der Waals surface area contributed by atoms with Crippen molar-refractivity contribution in [3.63, 3.8) is 0 Å². The van der Waals surface area contributed by atoms with Gasteiger partial charge >= 0.3 is 0 Å². The second-order valence-electron chi connectivity index (χ2n) is 6.13. The average molecular weight is 385 g/mol. The predicted octanol–water partition coefficient (Wildman–Crippen LogP) is 4.34. The van der Waals surface area contributed by atoms with Crippen LogP contribution >= 0.6 is 22.9 Å². The molecular formula is C20H17ClN2O2S. The molecule has 1 unspecified atom stereocenters. The van der Waals surface area contributed by atoms with Crippen LogP contribution in [0.25, 0.3) is 0 Å². The lowest BCUT2D eigenvalue weighted by Crippen LogP contribution is -2.54. The van der Waals surface area contributed by atoms with E-state index in [4.69, 9.17) is 11.6 Å². The fourth-order valence-electron chi connectivity index (χ4n) is 3.13. The molecule has 0 bridgehead atoms. The number of para-hydroxylation sites is 1. The molecule has 0 saturated heterocycles. The van der Waals surface area contributed by atoms with E-state index in [0.717, 1.165) is 16.1 Å². The smallest absolute Gasteiger partial charge is 0.259 e. The summed E-state index contributed by atoms with van der Waals surface area (Å²) < 4.78 is 0. The third-order valence-corrected chi connectivity index (χ3v) is 5.55. The van der Waals surface area contributed by atoms with Crippen molar-refractivity contribution < 1.29 is 9.90 Å². The van der Waals surface area contributed by atoms with Crippen LogP contribution in [0.5, 0.6) is 0 Å². The highest BCUT2D eigenvalue weighted by atomic mass is 35.5. The molecule has 1 atom stereocenters. The third-order valence-electron chi connectivity index (χ3n) is 4.43. The van der Waals surface area contributed by atoms with Crippen LogP contribution in [-0.2, 0) is 13.1 Å². The van der Waals surface area contributed by atoms with Gasteiger partial charge in [0, 0.05) is 16.4 Å². The standard InChI is InChI=1S/C20H17ClN2O2S/c21-15-9-7-14(8-10-15)12-22-18-6-2-1-5-17(18)19(24)23(20(22)25)13-16-4-3-11-26-16/h1-11,20,25H,12-13H2. The molecule has 1 aromatic heterocycles. The summed E-state index contributed by atoms with van der Waals surface area (Å²) >= 11 is 7.54. The van der Waals surface area contributed by atoms with Crippen molar-refractivity contribution in [2.24, 2.45) is 0 Å². The van der Waals surface area contributed by atoms with Crippen molar-refractivity contribution in [3.8, 4) is 0 Å². The molecule has 0 radical (unpaired) electrons. The maximum absolute atomic E-state index is 12.9. The fourth-order valence-corrected chi connectivity index (χ4v) is 3.96. The number of fused-ring (bicyclic) bond motifs is 1. The maximum atomic E-state index is 12.9. The molecule has 3 aromatic rings. The van der Waals surface area contributed by atoms with Crippen LogP contribution in [-0.4, -0.2) is 22.3 Å². The number of thiophene rings is 1. The van der Waals surface area contributed by atoms with Gasteiger partial charge < -0.3 is 10.0 Å². The summed E-state index contributed by atoms with van der Waals surface area (Å²) in [5.41, 5.74) is 2.35. The van der Waals surface area contributed by atoms with E-state index >= 15 is 0 Å². The topological polar surface area (TPSA) is 43.8 Å². The molecule has 4 rings (SSSR count). The summed E-state index contributed by atoms with van der Waals surface area (Å²) in [7, 11) is 0. The Kier molecular flexibility index (Phi) is 4.68. The van der Waals surface area contributed by atoms with Crippen molar-refractivity contribution in [1.29, 1.82) is 0 Å². The molecule has 0 saturated carbocycles. The van der Waals surface area contributed by atoms with Gasteiger partial charge in [0.1, 0.15) is 0 Å². The van der Waals surface area contributed by atoms with Gasteiger partial charge in [-0.3, -0.25) is 9.69 Å². The highest BCUT2D eigenvalue weighted by Gasteiger charge is 2.36. The molecule has 26 heavy (non-hydrogen) atoms. The summed E-state index contributed by atoms with van der Waals surface area (Å²) in [6, 6.07) is 18.8.